The summed E-state index contributed by atoms with van der Waals surface area (Å²) < 4.78 is 33.3. The quantitative estimate of drug-likeness (QED) is 0.584. The highest BCUT2D eigenvalue weighted by Crippen LogP contribution is 2.32. The summed E-state index contributed by atoms with van der Waals surface area (Å²) in [4.78, 5) is 0. The molecular formula is C22H20ClO4P. The van der Waals surface area contributed by atoms with E-state index >= 15 is 0 Å². The van der Waals surface area contributed by atoms with Gasteiger partial charge < -0.3 is 0 Å². The first kappa shape index (κ1) is 20.5. The molecule has 0 heterocycles. The van der Waals surface area contributed by atoms with Gasteiger partial charge in [0, 0.05) is 6.42 Å². The maximum absolute atomic E-state index is 9.79. The molecule has 0 aliphatic heterocycles. The Labute approximate surface area is 168 Å². The van der Waals surface area contributed by atoms with E-state index in [2.05, 4.69) is 95.3 Å². The van der Waals surface area contributed by atoms with Gasteiger partial charge in [0.05, 0.1) is 0 Å². The van der Waals surface area contributed by atoms with Crippen LogP contribution in [-0.2, 0) is 4.29 Å². The van der Waals surface area contributed by atoms with Crippen molar-refractivity contribution in [3.63, 3.8) is 0 Å². The number of allylic oxidation sites excluding steroid dienone is 2. The third-order valence-electron chi connectivity index (χ3n) is 4.00. The standard InChI is InChI=1S/C18H15P.C4H5ClO4/c1-4-10-16(11-5-1)19(17-12-6-2-7-13-17)18-14-8-3-9-15-18;6-5(7,8)9-4-2-1-3-4/h1-15H;2H,1,3H2. The van der Waals surface area contributed by atoms with Crippen LogP contribution in [-0.4, -0.2) is 0 Å². The fourth-order valence-electron chi connectivity index (χ4n) is 2.63. The van der Waals surface area contributed by atoms with E-state index < -0.39 is 18.2 Å². The molecule has 0 aromatic heterocycles. The topological polar surface area (TPSA) is 78.4 Å². The Balaban J connectivity index is 0.000000211. The summed E-state index contributed by atoms with van der Waals surface area (Å²) in [5, 5.41) is 4.19. The predicted molar refractivity (Wildman–Crippen MR) is 104 cm³/mol. The molecule has 1 aliphatic carbocycles. The summed E-state index contributed by atoms with van der Waals surface area (Å²) in [6, 6.07) is 32.3. The zero-order chi connectivity index (χ0) is 19.8. The monoisotopic (exact) mass is 414 g/mol. The molecule has 0 unspecified atom stereocenters. The molecule has 3 aromatic rings. The lowest BCUT2D eigenvalue weighted by Crippen LogP contribution is -2.60. The lowest BCUT2D eigenvalue weighted by Gasteiger charge is -2.18. The van der Waals surface area contributed by atoms with Gasteiger partial charge in [-0.05, 0) is 36.3 Å². The largest absolute Gasteiger partial charge is 0.261 e. The molecule has 0 spiro atoms. The first-order valence-electron chi connectivity index (χ1n) is 8.77. The van der Waals surface area contributed by atoms with Crippen molar-refractivity contribution >= 4 is 23.8 Å². The van der Waals surface area contributed by atoms with Gasteiger partial charge in [0.2, 0.25) is 0 Å². The van der Waals surface area contributed by atoms with Crippen molar-refractivity contribution < 1.29 is 28.5 Å². The molecule has 0 atom stereocenters. The number of hydrogen-bond donors (Lipinski definition) is 0. The third kappa shape index (κ3) is 6.16. The Morgan fingerprint density at radius 2 is 1.00 bits per heavy atom. The predicted octanol–water partition coefficient (Wildman–Crippen LogP) is 1.02. The van der Waals surface area contributed by atoms with Gasteiger partial charge in [-0.2, -0.15) is 14.0 Å². The van der Waals surface area contributed by atoms with Crippen LogP contribution in [0.5, 0.6) is 0 Å². The van der Waals surface area contributed by atoms with E-state index in [1.54, 1.807) is 6.08 Å². The normalized spacial score (nSPS) is 13.1. The zero-order valence-corrected chi connectivity index (χ0v) is 16.8. The highest BCUT2D eigenvalue weighted by Gasteiger charge is 2.24. The summed E-state index contributed by atoms with van der Waals surface area (Å²) in [5.41, 5.74) is 0. The second-order valence-electron chi connectivity index (χ2n) is 6.01. The number of benzene rings is 3. The molecule has 0 fully saturated rings. The van der Waals surface area contributed by atoms with Crippen molar-refractivity contribution in [1.82, 2.24) is 0 Å². The Morgan fingerprint density at radius 3 is 1.21 bits per heavy atom. The first-order chi connectivity index (χ1) is 13.5. The molecule has 28 heavy (non-hydrogen) atoms. The van der Waals surface area contributed by atoms with Gasteiger partial charge in [-0.3, -0.25) is 0 Å². The van der Waals surface area contributed by atoms with E-state index in [4.69, 9.17) is 0 Å². The minimum atomic E-state index is -4.25. The molecule has 0 bridgehead atoms. The molecule has 144 valence electrons. The van der Waals surface area contributed by atoms with E-state index in [1.165, 1.54) is 15.9 Å². The summed E-state index contributed by atoms with van der Waals surface area (Å²) in [6.45, 7) is 0. The highest BCUT2D eigenvalue weighted by molar-refractivity contribution is 7.79. The van der Waals surface area contributed by atoms with Crippen LogP contribution < -0.4 is 29.9 Å². The lowest BCUT2D eigenvalue weighted by molar-refractivity contribution is -1.92. The SMILES string of the molecule is [O-][Cl+3]([O-])([O-])OC1=CCC1.c1ccc(P(c2ccccc2)c2ccccc2)cc1. The van der Waals surface area contributed by atoms with Crippen LogP contribution in [0.2, 0.25) is 0 Å². The molecule has 0 saturated heterocycles. The molecule has 4 rings (SSSR count). The Bertz CT molecular complexity index is 787. The van der Waals surface area contributed by atoms with Crippen LogP contribution in [0.3, 0.4) is 0 Å². The Kier molecular flexibility index (Phi) is 7.21. The fraction of sp³-hybridized carbons (Fsp3) is 0.0909. The van der Waals surface area contributed by atoms with Gasteiger partial charge in [0.25, 0.3) is 5.76 Å². The van der Waals surface area contributed by atoms with Gasteiger partial charge in [-0.15, -0.1) is 0 Å². The van der Waals surface area contributed by atoms with Gasteiger partial charge in [-0.1, -0.05) is 95.3 Å². The number of halogens is 1. The molecule has 0 saturated carbocycles. The van der Waals surface area contributed by atoms with Crippen LogP contribution >= 0.6 is 7.92 Å². The summed E-state index contributed by atoms with van der Waals surface area (Å²) in [5.74, 6) is 0.256. The molecule has 0 radical (unpaired) electrons. The smallest absolute Gasteiger partial charge is 0.167 e. The minimum Gasteiger partial charge on any atom is -0.167 e. The van der Waals surface area contributed by atoms with Crippen LogP contribution in [0.4, 0.5) is 0 Å². The summed E-state index contributed by atoms with van der Waals surface area (Å²) in [7, 11) is -4.70. The maximum atomic E-state index is 9.79. The molecular weight excluding hydrogens is 395 g/mol. The van der Waals surface area contributed by atoms with E-state index in [0.717, 1.165) is 6.42 Å². The van der Waals surface area contributed by atoms with Crippen LogP contribution in [0.25, 0.3) is 0 Å². The van der Waals surface area contributed by atoms with Crippen molar-refractivity contribution in [2.45, 2.75) is 12.8 Å². The number of rotatable bonds is 5. The zero-order valence-electron chi connectivity index (χ0n) is 15.1. The molecule has 0 amide bonds. The van der Waals surface area contributed by atoms with E-state index in [0.29, 0.717) is 6.42 Å². The van der Waals surface area contributed by atoms with E-state index in [1.807, 2.05) is 0 Å². The highest BCUT2D eigenvalue weighted by atomic mass is 35.7. The summed E-state index contributed by atoms with van der Waals surface area (Å²) >= 11 is 0. The van der Waals surface area contributed by atoms with Gasteiger partial charge in [0.1, 0.15) is 10.2 Å². The average molecular weight is 415 g/mol. The van der Waals surface area contributed by atoms with Gasteiger partial charge >= 0.3 is 0 Å². The van der Waals surface area contributed by atoms with Crippen molar-refractivity contribution in [2.75, 3.05) is 0 Å². The molecule has 0 N–H and O–H groups in total. The average Bonchev–Trinajstić information content (AvgIpc) is 2.68. The van der Waals surface area contributed by atoms with Crippen molar-refractivity contribution in [2.24, 2.45) is 0 Å². The number of hydrogen-bond acceptors (Lipinski definition) is 4. The maximum Gasteiger partial charge on any atom is 0.261 e. The van der Waals surface area contributed by atoms with Gasteiger partial charge in [0.15, 0.2) is 0 Å². The molecule has 1 aliphatic rings. The fourth-order valence-corrected chi connectivity index (χ4v) is 5.32. The molecule has 3 aromatic carbocycles. The van der Waals surface area contributed by atoms with Crippen molar-refractivity contribution in [3.05, 3.63) is 103 Å². The van der Waals surface area contributed by atoms with Crippen LogP contribution in [0.15, 0.2) is 103 Å². The van der Waals surface area contributed by atoms with Crippen LogP contribution in [0, 0.1) is 10.2 Å². The Morgan fingerprint density at radius 1 is 0.643 bits per heavy atom. The first-order valence-corrected chi connectivity index (χ1v) is 11.4. The Hall–Kier alpha value is -2.20. The molecule has 4 nitrogen and oxygen atoms in total. The van der Waals surface area contributed by atoms with Crippen molar-refractivity contribution in [3.8, 4) is 0 Å². The van der Waals surface area contributed by atoms with Crippen molar-refractivity contribution in [1.29, 1.82) is 0 Å². The van der Waals surface area contributed by atoms with Crippen LogP contribution in [0.1, 0.15) is 12.8 Å². The van der Waals surface area contributed by atoms with E-state index in [-0.39, 0.29) is 5.76 Å². The van der Waals surface area contributed by atoms with E-state index in [9.17, 15) is 14.0 Å². The summed E-state index contributed by atoms with van der Waals surface area (Å²) in [6.07, 6.45) is 2.90. The third-order valence-corrected chi connectivity index (χ3v) is 6.83. The van der Waals surface area contributed by atoms with Gasteiger partial charge in [-0.25, -0.2) is 0 Å². The lowest BCUT2D eigenvalue weighted by atomic mass is 10.1. The minimum absolute atomic E-state index is 0.256. The second-order valence-corrected chi connectivity index (χ2v) is 9.14. The molecule has 6 heteroatoms. The second kappa shape index (κ2) is 9.83.